The van der Waals surface area contributed by atoms with Crippen molar-refractivity contribution in [2.45, 2.75) is 38.3 Å². The molecule has 8 nitrogen and oxygen atoms in total. The topological polar surface area (TPSA) is 96.0 Å². The highest BCUT2D eigenvalue weighted by Crippen LogP contribution is 2.27. The second-order valence-corrected chi connectivity index (χ2v) is 10.7. The van der Waals surface area contributed by atoms with Gasteiger partial charge in [-0.15, -0.1) is 0 Å². The Labute approximate surface area is 229 Å². The summed E-state index contributed by atoms with van der Waals surface area (Å²) >= 11 is 6.36. The number of rotatable bonds is 12. The number of anilines is 1. The standard InChI is InChI=1S/C28H32ClN3O5S/c1-4-30-28(34)21(3)31(19-22-11-9-10-14-26(22)29)27(33)20-32(23-15-17-24(18-16-23)37-5-2)38(35,36)25-12-7-6-8-13-25/h6-18,21H,4-5,19-20H2,1-3H3,(H,30,34)/t21-/m0/s1. The normalized spacial score (nSPS) is 11.9. The van der Waals surface area contributed by atoms with Crippen molar-refractivity contribution in [3.05, 3.63) is 89.4 Å². The summed E-state index contributed by atoms with van der Waals surface area (Å²) in [6, 6.07) is 20.5. The molecule has 0 aliphatic rings. The van der Waals surface area contributed by atoms with E-state index in [0.717, 1.165) is 4.31 Å². The smallest absolute Gasteiger partial charge is 0.264 e. The molecule has 0 aliphatic heterocycles. The summed E-state index contributed by atoms with van der Waals surface area (Å²) in [6.07, 6.45) is 0. The maximum atomic E-state index is 13.8. The van der Waals surface area contributed by atoms with E-state index in [0.29, 0.717) is 29.5 Å². The van der Waals surface area contributed by atoms with E-state index < -0.39 is 28.5 Å². The average molecular weight is 558 g/mol. The monoisotopic (exact) mass is 557 g/mol. The highest BCUT2D eigenvalue weighted by Gasteiger charge is 2.32. The first kappa shape index (κ1) is 29.0. The van der Waals surface area contributed by atoms with Gasteiger partial charge in [-0.05, 0) is 68.8 Å². The van der Waals surface area contributed by atoms with Crippen LogP contribution in [0.25, 0.3) is 0 Å². The van der Waals surface area contributed by atoms with Gasteiger partial charge in [-0.3, -0.25) is 13.9 Å². The molecule has 0 bridgehead atoms. The fraction of sp³-hybridized carbons (Fsp3) is 0.286. The van der Waals surface area contributed by atoms with Crippen LogP contribution < -0.4 is 14.4 Å². The van der Waals surface area contributed by atoms with Gasteiger partial charge in [0.25, 0.3) is 10.0 Å². The van der Waals surface area contributed by atoms with Crippen LogP contribution >= 0.6 is 11.6 Å². The first-order chi connectivity index (χ1) is 18.2. The van der Waals surface area contributed by atoms with Crippen molar-refractivity contribution in [2.75, 3.05) is 24.0 Å². The number of nitrogens with zero attached hydrogens (tertiary/aromatic N) is 2. The van der Waals surface area contributed by atoms with Crippen LogP contribution in [0.5, 0.6) is 5.75 Å². The number of carbonyl (C=O) groups is 2. The van der Waals surface area contributed by atoms with Gasteiger partial charge in [-0.25, -0.2) is 8.42 Å². The number of nitrogens with one attached hydrogen (secondary N) is 1. The number of ether oxygens (including phenoxy) is 1. The summed E-state index contributed by atoms with van der Waals surface area (Å²) in [4.78, 5) is 27.9. The first-order valence-corrected chi connectivity index (χ1v) is 14.1. The number of halogens is 1. The zero-order valence-electron chi connectivity index (χ0n) is 21.6. The number of hydrogen-bond acceptors (Lipinski definition) is 5. The van der Waals surface area contributed by atoms with Gasteiger partial charge in [0.1, 0.15) is 18.3 Å². The number of hydrogen-bond donors (Lipinski definition) is 1. The van der Waals surface area contributed by atoms with Crippen molar-refractivity contribution >= 4 is 39.1 Å². The number of sulfonamides is 1. The highest BCUT2D eigenvalue weighted by molar-refractivity contribution is 7.92. The van der Waals surface area contributed by atoms with Crippen molar-refractivity contribution in [1.82, 2.24) is 10.2 Å². The van der Waals surface area contributed by atoms with E-state index in [1.54, 1.807) is 80.6 Å². The Morgan fingerprint density at radius 2 is 1.58 bits per heavy atom. The fourth-order valence-electron chi connectivity index (χ4n) is 3.84. The zero-order chi connectivity index (χ0) is 27.7. The molecule has 0 saturated carbocycles. The van der Waals surface area contributed by atoms with E-state index in [9.17, 15) is 18.0 Å². The Balaban J connectivity index is 2.02. The highest BCUT2D eigenvalue weighted by atomic mass is 35.5. The summed E-state index contributed by atoms with van der Waals surface area (Å²) in [6.45, 7) is 5.58. The zero-order valence-corrected chi connectivity index (χ0v) is 23.2. The molecule has 0 aromatic heterocycles. The second-order valence-electron chi connectivity index (χ2n) is 8.44. The molecule has 2 amide bonds. The van der Waals surface area contributed by atoms with Crippen LogP contribution in [0.1, 0.15) is 26.3 Å². The predicted molar refractivity (Wildman–Crippen MR) is 149 cm³/mol. The molecule has 0 unspecified atom stereocenters. The molecular weight excluding hydrogens is 526 g/mol. The van der Waals surface area contributed by atoms with Crippen molar-refractivity contribution < 1.29 is 22.7 Å². The lowest BCUT2D eigenvalue weighted by atomic mass is 10.1. The van der Waals surface area contributed by atoms with E-state index in [2.05, 4.69) is 5.32 Å². The van der Waals surface area contributed by atoms with Gasteiger partial charge >= 0.3 is 0 Å². The summed E-state index contributed by atoms with van der Waals surface area (Å²) in [7, 11) is -4.13. The molecule has 3 aromatic rings. The molecule has 0 spiro atoms. The van der Waals surface area contributed by atoms with E-state index in [1.165, 1.54) is 17.0 Å². The number of likely N-dealkylation sites (N-methyl/N-ethyl adjacent to an activating group) is 1. The molecule has 3 aromatic carbocycles. The molecule has 202 valence electrons. The van der Waals surface area contributed by atoms with Gasteiger partial charge in [0.15, 0.2) is 0 Å². The first-order valence-electron chi connectivity index (χ1n) is 12.3. The minimum atomic E-state index is -4.13. The second kappa shape index (κ2) is 13.3. The van der Waals surface area contributed by atoms with Crippen molar-refractivity contribution in [2.24, 2.45) is 0 Å². The van der Waals surface area contributed by atoms with E-state index in [1.807, 2.05) is 6.92 Å². The SMILES string of the molecule is CCNC(=O)[C@H](C)N(Cc1ccccc1Cl)C(=O)CN(c1ccc(OCC)cc1)S(=O)(=O)c1ccccc1. The van der Waals surface area contributed by atoms with Gasteiger partial charge in [0, 0.05) is 18.1 Å². The van der Waals surface area contributed by atoms with Crippen molar-refractivity contribution in [1.29, 1.82) is 0 Å². The van der Waals surface area contributed by atoms with Crippen LogP contribution in [-0.2, 0) is 26.2 Å². The predicted octanol–water partition coefficient (Wildman–Crippen LogP) is 4.49. The molecule has 3 rings (SSSR count). The van der Waals surface area contributed by atoms with E-state index in [-0.39, 0.29) is 23.0 Å². The Morgan fingerprint density at radius 1 is 0.947 bits per heavy atom. The van der Waals surface area contributed by atoms with Crippen LogP contribution in [0.15, 0.2) is 83.8 Å². The van der Waals surface area contributed by atoms with Gasteiger partial charge in [-0.2, -0.15) is 0 Å². The maximum absolute atomic E-state index is 13.8. The number of carbonyl (C=O) groups excluding carboxylic acids is 2. The Hall–Kier alpha value is -3.56. The van der Waals surface area contributed by atoms with Crippen molar-refractivity contribution in [3.63, 3.8) is 0 Å². The molecular formula is C28H32ClN3O5S. The average Bonchev–Trinajstić information content (AvgIpc) is 2.92. The lowest BCUT2D eigenvalue weighted by Crippen LogP contribution is -2.51. The summed E-state index contributed by atoms with van der Waals surface area (Å²) in [5, 5.41) is 3.17. The van der Waals surface area contributed by atoms with Crippen LogP contribution in [0.3, 0.4) is 0 Å². The third-order valence-corrected chi connectivity index (χ3v) is 8.02. The van der Waals surface area contributed by atoms with Gasteiger partial charge in [-0.1, -0.05) is 48.0 Å². The summed E-state index contributed by atoms with van der Waals surface area (Å²) < 4.78 is 34.0. The molecule has 1 atom stereocenters. The minimum absolute atomic E-state index is 0.0271. The molecule has 0 saturated heterocycles. The minimum Gasteiger partial charge on any atom is -0.494 e. The third kappa shape index (κ3) is 7.05. The maximum Gasteiger partial charge on any atom is 0.264 e. The molecule has 0 radical (unpaired) electrons. The van der Waals surface area contributed by atoms with Gasteiger partial charge in [0.05, 0.1) is 17.2 Å². The Bertz CT molecular complexity index is 1330. The molecule has 0 aliphatic carbocycles. The van der Waals surface area contributed by atoms with E-state index >= 15 is 0 Å². The van der Waals surface area contributed by atoms with Gasteiger partial charge < -0.3 is 15.0 Å². The molecule has 38 heavy (non-hydrogen) atoms. The van der Waals surface area contributed by atoms with Gasteiger partial charge in [0.2, 0.25) is 11.8 Å². The number of amides is 2. The van der Waals surface area contributed by atoms with Crippen molar-refractivity contribution in [3.8, 4) is 5.75 Å². The van der Waals surface area contributed by atoms with Crippen LogP contribution in [-0.4, -0.2) is 50.9 Å². The molecule has 0 fully saturated rings. The Morgan fingerprint density at radius 3 is 2.18 bits per heavy atom. The van der Waals surface area contributed by atoms with Crippen LogP contribution in [0.4, 0.5) is 5.69 Å². The fourth-order valence-corrected chi connectivity index (χ4v) is 5.47. The molecule has 10 heteroatoms. The molecule has 1 N–H and O–H groups in total. The van der Waals surface area contributed by atoms with E-state index in [4.69, 9.17) is 16.3 Å². The lowest BCUT2D eigenvalue weighted by Gasteiger charge is -2.32. The molecule has 0 heterocycles. The largest absolute Gasteiger partial charge is 0.494 e. The number of benzene rings is 3. The summed E-state index contributed by atoms with van der Waals surface area (Å²) in [5.41, 5.74) is 0.922. The lowest BCUT2D eigenvalue weighted by molar-refractivity contribution is -0.139. The van der Waals surface area contributed by atoms with Crippen LogP contribution in [0.2, 0.25) is 5.02 Å². The Kier molecular flexibility index (Phi) is 10.2. The summed E-state index contributed by atoms with van der Waals surface area (Å²) in [5.74, 6) is -0.339. The van der Waals surface area contributed by atoms with Crippen LogP contribution in [0, 0.1) is 0 Å². The third-order valence-electron chi connectivity index (χ3n) is 5.86. The quantitative estimate of drug-likeness (QED) is 0.354.